The van der Waals surface area contributed by atoms with Crippen LogP contribution in [-0.4, -0.2) is 39.0 Å². The van der Waals surface area contributed by atoms with Crippen molar-refractivity contribution in [1.82, 2.24) is 39.0 Å². The van der Waals surface area contributed by atoms with Crippen molar-refractivity contribution in [3.05, 3.63) is 155 Å². The van der Waals surface area contributed by atoms with Crippen molar-refractivity contribution in [2.75, 3.05) is 0 Å². The molecule has 0 N–H and O–H groups in total. The Morgan fingerprint density at radius 2 is 0.919 bits per heavy atom. The molecule has 0 amide bonds. The molecule has 0 saturated heterocycles. The molecule has 10 aromatic rings. The maximum Gasteiger partial charge on any atom is 0.416 e. The van der Waals surface area contributed by atoms with Crippen LogP contribution in [0.25, 0.3) is 88.9 Å². The monoisotopic (exact) mass is 816 g/mol. The van der Waals surface area contributed by atoms with Gasteiger partial charge in [-0.3, -0.25) is 0 Å². The molecule has 0 bridgehead atoms. The molecule has 0 atom stereocenters. The van der Waals surface area contributed by atoms with E-state index in [9.17, 15) is 23.7 Å². The molecule has 0 radical (unpaired) electrons. The first-order chi connectivity index (χ1) is 29.9. The Morgan fingerprint density at radius 1 is 0.452 bits per heavy atom. The maximum absolute atomic E-state index is 14.2. The molecule has 0 fully saturated rings. The summed E-state index contributed by atoms with van der Waals surface area (Å²) in [6.07, 6.45) is -4.69. The summed E-state index contributed by atoms with van der Waals surface area (Å²) >= 11 is 0. The van der Waals surface area contributed by atoms with Crippen LogP contribution in [0.1, 0.15) is 40.0 Å². The molecule has 4 heterocycles. The minimum absolute atomic E-state index is 0.181. The Kier molecular flexibility index (Phi) is 8.68. The number of rotatable bonds is 5. The Morgan fingerprint density at radius 3 is 1.40 bits per heavy atom. The van der Waals surface area contributed by atoms with Gasteiger partial charge in [-0.1, -0.05) is 66.7 Å². The summed E-state index contributed by atoms with van der Waals surface area (Å²) in [5.41, 5.74) is 5.24. The zero-order valence-corrected chi connectivity index (χ0v) is 33.6. The summed E-state index contributed by atoms with van der Waals surface area (Å²) in [6, 6.07) is 38.6. The van der Waals surface area contributed by atoms with Gasteiger partial charge in [-0.25, -0.2) is 29.9 Å². The largest absolute Gasteiger partial charge is 0.416 e. The van der Waals surface area contributed by atoms with Crippen molar-refractivity contribution in [3.63, 3.8) is 0 Å². The standard InChI is InChI=1S/C49H31F3N10/c1-26-55-27(2)58-47(57-26)30-13-16-38-36-9-5-7-11-41(36)61(44(38)20-30)43-23-40(35-18-15-34(49(50,51)52)19-32(35)24-53)46(22-33(43)25-54)62-42-12-8-6-10-37(42)39-17-14-31(21-45(39)62)48-59-28(3)56-29(4)60-48/h5-23H,1-4H3. The second kappa shape index (κ2) is 14.2. The predicted molar refractivity (Wildman–Crippen MR) is 232 cm³/mol. The first kappa shape index (κ1) is 37.9. The Balaban J connectivity index is 1.33. The first-order valence-corrected chi connectivity index (χ1v) is 19.6. The first-order valence-electron chi connectivity index (χ1n) is 19.6. The predicted octanol–water partition coefficient (Wildman–Crippen LogP) is 11.2. The minimum atomic E-state index is -4.69. The van der Waals surface area contributed by atoms with Gasteiger partial charge >= 0.3 is 6.18 Å². The zero-order chi connectivity index (χ0) is 43.0. The number of alkyl halides is 3. The molecule has 0 saturated carbocycles. The lowest BCUT2D eigenvalue weighted by Crippen LogP contribution is -2.07. The molecular weight excluding hydrogens is 786 g/mol. The fraction of sp³-hybridized carbons (Fsp3) is 0.102. The van der Waals surface area contributed by atoms with Gasteiger partial charge in [0.2, 0.25) is 0 Å². The van der Waals surface area contributed by atoms with E-state index in [-0.39, 0.29) is 16.7 Å². The molecule has 4 aromatic heterocycles. The van der Waals surface area contributed by atoms with E-state index in [1.807, 2.05) is 100 Å². The van der Waals surface area contributed by atoms with Gasteiger partial charge in [-0.2, -0.15) is 23.7 Å². The number of para-hydroxylation sites is 2. The van der Waals surface area contributed by atoms with Crippen molar-refractivity contribution in [2.45, 2.75) is 33.9 Å². The zero-order valence-electron chi connectivity index (χ0n) is 33.6. The number of benzene rings is 6. The lowest BCUT2D eigenvalue weighted by Gasteiger charge is -2.20. The number of nitrogens with zero attached hydrogens (tertiary/aromatic N) is 10. The normalized spacial score (nSPS) is 11.8. The Hall–Kier alpha value is -8.29. The van der Waals surface area contributed by atoms with Gasteiger partial charge in [0.15, 0.2) is 11.6 Å². The third-order valence-electron chi connectivity index (χ3n) is 11.1. The third-order valence-corrected chi connectivity index (χ3v) is 11.1. The van der Waals surface area contributed by atoms with Crippen LogP contribution in [0.4, 0.5) is 13.2 Å². The van der Waals surface area contributed by atoms with E-state index < -0.39 is 11.7 Å². The van der Waals surface area contributed by atoms with Crippen molar-refractivity contribution in [3.8, 4) is 57.4 Å². The van der Waals surface area contributed by atoms with Crippen LogP contribution in [0.3, 0.4) is 0 Å². The lowest BCUT2D eigenvalue weighted by molar-refractivity contribution is -0.137. The fourth-order valence-electron chi connectivity index (χ4n) is 8.53. The van der Waals surface area contributed by atoms with E-state index in [0.717, 1.165) is 61.3 Å². The molecule has 62 heavy (non-hydrogen) atoms. The molecule has 0 spiro atoms. The average Bonchev–Trinajstić information content (AvgIpc) is 3.76. The number of hydrogen-bond acceptors (Lipinski definition) is 8. The Labute approximate surface area is 351 Å². The van der Waals surface area contributed by atoms with E-state index in [0.29, 0.717) is 57.4 Å². The van der Waals surface area contributed by atoms with Crippen molar-refractivity contribution in [2.24, 2.45) is 0 Å². The second-order valence-electron chi connectivity index (χ2n) is 15.0. The van der Waals surface area contributed by atoms with E-state index in [1.54, 1.807) is 39.8 Å². The summed E-state index contributed by atoms with van der Waals surface area (Å²) in [4.78, 5) is 27.2. The SMILES string of the molecule is Cc1nc(C)nc(-c2ccc3c4ccccc4n(-c4cc(-c5ccc(C(F)(F)F)cc5C#N)c(-n5c6ccccc6c6ccc(-c7nc(C)nc(C)n7)cc65)cc4C#N)c3c2)n1. The van der Waals surface area contributed by atoms with Crippen LogP contribution >= 0.6 is 0 Å². The van der Waals surface area contributed by atoms with Crippen LogP contribution < -0.4 is 0 Å². The van der Waals surface area contributed by atoms with E-state index in [2.05, 4.69) is 36.0 Å². The van der Waals surface area contributed by atoms with Gasteiger partial charge in [0.25, 0.3) is 0 Å². The van der Waals surface area contributed by atoms with E-state index in [1.165, 1.54) is 6.07 Å². The highest BCUT2D eigenvalue weighted by molar-refractivity contribution is 6.12. The van der Waals surface area contributed by atoms with Crippen LogP contribution in [0.2, 0.25) is 0 Å². The summed E-state index contributed by atoms with van der Waals surface area (Å²) in [5.74, 6) is 3.23. The molecule has 13 heteroatoms. The molecule has 0 aliphatic heterocycles. The highest BCUT2D eigenvalue weighted by Gasteiger charge is 2.32. The number of aromatic nitrogens is 8. The lowest BCUT2D eigenvalue weighted by atomic mass is 9.94. The quantitative estimate of drug-likeness (QED) is 0.168. The van der Waals surface area contributed by atoms with Crippen molar-refractivity contribution in [1.29, 1.82) is 10.5 Å². The van der Waals surface area contributed by atoms with Gasteiger partial charge in [0, 0.05) is 43.8 Å². The number of halogens is 3. The van der Waals surface area contributed by atoms with Crippen LogP contribution in [0, 0.1) is 50.4 Å². The minimum Gasteiger partial charge on any atom is -0.309 e. The number of nitriles is 2. The molecule has 0 unspecified atom stereocenters. The highest BCUT2D eigenvalue weighted by Crippen LogP contribution is 2.43. The van der Waals surface area contributed by atoms with Crippen LogP contribution in [0.5, 0.6) is 0 Å². The van der Waals surface area contributed by atoms with Crippen molar-refractivity contribution < 1.29 is 13.2 Å². The molecule has 10 rings (SSSR count). The van der Waals surface area contributed by atoms with Gasteiger partial charge in [0.05, 0.1) is 56.2 Å². The summed E-state index contributed by atoms with van der Waals surface area (Å²) in [5, 5.41) is 25.3. The van der Waals surface area contributed by atoms with Crippen molar-refractivity contribution >= 4 is 43.6 Å². The topological polar surface area (TPSA) is 135 Å². The Bertz CT molecular complexity index is 3570. The number of hydrogen-bond donors (Lipinski definition) is 0. The van der Waals surface area contributed by atoms with Crippen LogP contribution in [-0.2, 0) is 6.18 Å². The second-order valence-corrected chi connectivity index (χ2v) is 15.0. The van der Waals surface area contributed by atoms with Gasteiger partial charge in [-0.05, 0) is 76.2 Å². The third kappa shape index (κ3) is 6.18. The van der Waals surface area contributed by atoms with Gasteiger partial charge < -0.3 is 9.13 Å². The number of fused-ring (bicyclic) bond motifs is 6. The maximum atomic E-state index is 14.2. The molecule has 298 valence electrons. The molecule has 10 nitrogen and oxygen atoms in total. The van der Waals surface area contributed by atoms with Crippen LogP contribution in [0.15, 0.2) is 115 Å². The highest BCUT2D eigenvalue weighted by atomic mass is 19.4. The smallest absolute Gasteiger partial charge is 0.309 e. The summed E-state index contributed by atoms with van der Waals surface area (Å²) in [7, 11) is 0. The molecule has 6 aromatic carbocycles. The summed E-state index contributed by atoms with van der Waals surface area (Å²) < 4.78 is 46.5. The number of aryl methyl sites for hydroxylation is 4. The fourth-order valence-corrected chi connectivity index (χ4v) is 8.53. The van der Waals surface area contributed by atoms with Gasteiger partial charge in [0.1, 0.15) is 29.4 Å². The van der Waals surface area contributed by atoms with Gasteiger partial charge in [-0.15, -0.1) is 0 Å². The molecule has 0 aliphatic rings. The van der Waals surface area contributed by atoms with E-state index >= 15 is 0 Å². The molecule has 0 aliphatic carbocycles. The summed E-state index contributed by atoms with van der Waals surface area (Å²) in [6.45, 7) is 7.21. The average molecular weight is 817 g/mol. The molecular formula is C49H31F3N10. The van der Waals surface area contributed by atoms with E-state index in [4.69, 9.17) is 0 Å².